The Hall–Kier alpha value is -1.19. The van der Waals surface area contributed by atoms with Gasteiger partial charge in [-0.05, 0) is 25.3 Å². The molecule has 3 heteroatoms. The summed E-state index contributed by atoms with van der Waals surface area (Å²) in [4.78, 5) is 5.87. The van der Waals surface area contributed by atoms with Crippen molar-refractivity contribution >= 4 is 11.3 Å². The third-order valence-corrected chi connectivity index (χ3v) is 4.18. The van der Waals surface area contributed by atoms with E-state index in [0.717, 1.165) is 19.0 Å². The van der Waals surface area contributed by atoms with E-state index >= 15 is 0 Å². The number of hydrogen-bond donors (Lipinski definition) is 1. The number of aryl methyl sites for hydroxylation is 1. The van der Waals surface area contributed by atoms with Gasteiger partial charge in [-0.2, -0.15) is 0 Å². The molecule has 0 atom stereocenters. The third-order valence-electron chi connectivity index (χ3n) is 3.18. The molecular weight excluding hydrogens is 240 g/mol. The maximum Gasteiger partial charge on any atom is 0.0972 e. The lowest BCUT2D eigenvalue weighted by Crippen LogP contribution is -2.14. The number of nitrogens with zero attached hydrogens (tertiary/aromatic N) is 1. The summed E-state index contributed by atoms with van der Waals surface area (Å²) in [6, 6.07) is 9.44. The van der Waals surface area contributed by atoms with Crippen molar-refractivity contribution in [2.75, 3.05) is 0 Å². The van der Waals surface area contributed by atoms with Crippen LogP contribution >= 0.6 is 11.3 Å². The molecule has 1 heterocycles. The molecule has 1 aromatic carbocycles. The summed E-state index contributed by atoms with van der Waals surface area (Å²) in [7, 11) is 0. The highest BCUT2D eigenvalue weighted by atomic mass is 32.1. The number of rotatable bonds is 5. The molecule has 1 aliphatic carbocycles. The van der Waals surface area contributed by atoms with Gasteiger partial charge in [0, 0.05) is 30.1 Å². The Balaban J connectivity index is 1.61. The lowest BCUT2D eigenvalue weighted by atomic mass is 10.1. The molecule has 0 bridgehead atoms. The molecule has 1 saturated carbocycles. The number of thiazole rings is 1. The maximum atomic E-state index is 4.52. The van der Waals surface area contributed by atoms with E-state index in [-0.39, 0.29) is 0 Å². The average Bonchev–Trinajstić information content (AvgIpc) is 3.08. The van der Waals surface area contributed by atoms with Crippen molar-refractivity contribution < 1.29 is 0 Å². The van der Waals surface area contributed by atoms with E-state index in [2.05, 4.69) is 41.5 Å². The first-order valence-electron chi connectivity index (χ1n) is 6.52. The molecule has 94 valence electrons. The molecule has 2 aromatic rings. The summed E-state index contributed by atoms with van der Waals surface area (Å²) >= 11 is 1.83. The van der Waals surface area contributed by atoms with Crippen LogP contribution in [-0.2, 0) is 13.0 Å². The maximum absolute atomic E-state index is 4.52. The number of benzene rings is 1. The topological polar surface area (TPSA) is 24.9 Å². The lowest BCUT2D eigenvalue weighted by molar-refractivity contribution is 0.694. The summed E-state index contributed by atoms with van der Waals surface area (Å²) < 4.78 is 0. The molecule has 0 saturated heterocycles. The van der Waals surface area contributed by atoms with Crippen LogP contribution in [0.5, 0.6) is 0 Å². The van der Waals surface area contributed by atoms with Crippen LogP contribution in [0.25, 0.3) is 0 Å². The molecule has 1 aliphatic rings. The number of aromatic nitrogens is 1. The molecule has 2 nitrogen and oxygen atoms in total. The highest BCUT2D eigenvalue weighted by molar-refractivity contribution is 7.11. The Bertz CT molecular complexity index is 529. The minimum Gasteiger partial charge on any atom is -0.309 e. The van der Waals surface area contributed by atoms with Crippen molar-refractivity contribution in [1.29, 1.82) is 0 Å². The van der Waals surface area contributed by atoms with Gasteiger partial charge in [0.25, 0.3) is 0 Å². The molecule has 1 N–H and O–H groups in total. The van der Waals surface area contributed by atoms with Crippen LogP contribution in [0.1, 0.15) is 33.9 Å². The summed E-state index contributed by atoms with van der Waals surface area (Å²) in [6.07, 6.45) is 5.66. The second-order valence-electron chi connectivity index (χ2n) is 5.04. The Morgan fingerprint density at radius 1 is 1.39 bits per heavy atom. The van der Waals surface area contributed by atoms with Crippen molar-refractivity contribution in [2.24, 2.45) is 0 Å². The van der Waals surface area contributed by atoms with Gasteiger partial charge in [-0.15, -0.1) is 11.3 Å². The molecule has 0 aliphatic heterocycles. The summed E-state index contributed by atoms with van der Waals surface area (Å²) in [6.45, 7) is 3.12. The molecule has 0 radical (unpaired) electrons. The molecule has 0 spiro atoms. The van der Waals surface area contributed by atoms with Crippen LogP contribution in [0, 0.1) is 6.92 Å². The van der Waals surface area contributed by atoms with Crippen molar-refractivity contribution in [2.45, 2.75) is 38.8 Å². The normalized spacial score (nSPS) is 14.9. The first-order valence-corrected chi connectivity index (χ1v) is 7.34. The van der Waals surface area contributed by atoms with Crippen LogP contribution in [0.3, 0.4) is 0 Å². The molecule has 1 aromatic heterocycles. The summed E-state index contributed by atoms with van der Waals surface area (Å²) in [5.41, 5.74) is 2.67. The van der Waals surface area contributed by atoms with Gasteiger partial charge in [0.05, 0.1) is 5.01 Å². The summed E-state index contributed by atoms with van der Waals surface area (Å²) in [5, 5.41) is 4.75. The van der Waals surface area contributed by atoms with Crippen LogP contribution in [-0.4, -0.2) is 11.0 Å². The van der Waals surface area contributed by atoms with Gasteiger partial charge in [0.15, 0.2) is 0 Å². The van der Waals surface area contributed by atoms with Gasteiger partial charge in [-0.1, -0.05) is 29.8 Å². The smallest absolute Gasteiger partial charge is 0.0972 e. The predicted molar refractivity (Wildman–Crippen MR) is 76.0 cm³/mol. The average molecular weight is 258 g/mol. The van der Waals surface area contributed by atoms with E-state index < -0.39 is 0 Å². The Morgan fingerprint density at radius 3 is 3.06 bits per heavy atom. The van der Waals surface area contributed by atoms with Gasteiger partial charge < -0.3 is 5.32 Å². The van der Waals surface area contributed by atoms with Gasteiger partial charge in [0.1, 0.15) is 0 Å². The zero-order valence-corrected chi connectivity index (χ0v) is 11.5. The van der Waals surface area contributed by atoms with Crippen LogP contribution in [0.4, 0.5) is 0 Å². The fourth-order valence-electron chi connectivity index (χ4n) is 2.04. The molecule has 0 unspecified atom stereocenters. The fourth-order valence-corrected chi connectivity index (χ4v) is 2.95. The molecule has 3 rings (SSSR count). The fraction of sp³-hybridized carbons (Fsp3) is 0.400. The Labute approximate surface area is 112 Å². The van der Waals surface area contributed by atoms with E-state index in [1.165, 1.54) is 33.9 Å². The number of hydrogen-bond acceptors (Lipinski definition) is 3. The minimum absolute atomic E-state index is 0.771. The van der Waals surface area contributed by atoms with E-state index in [1.807, 2.05) is 17.5 Å². The minimum atomic E-state index is 0.771. The Morgan fingerprint density at radius 2 is 2.28 bits per heavy atom. The van der Waals surface area contributed by atoms with Crippen molar-refractivity contribution in [3.8, 4) is 0 Å². The first-order chi connectivity index (χ1) is 8.79. The molecule has 18 heavy (non-hydrogen) atoms. The van der Waals surface area contributed by atoms with Gasteiger partial charge in [-0.3, -0.25) is 0 Å². The number of nitrogens with one attached hydrogen (secondary N) is 1. The lowest BCUT2D eigenvalue weighted by Gasteiger charge is -1.99. The van der Waals surface area contributed by atoms with E-state index in [0.29, 0.717) is 0 Å². The molecule has 0 amide bonds. The van der Waals surface area contributed by atoms with Gasteiger partial charge in [-0.25, -0.2) is 4.98 Å². The SMILES string of the molecule is Cc1cccc(Cc2ncc(CNC3CC3)s2)c1. The largest absolute Gasteiger partial charge is 0.309 e. The Kier molecular flexibility index (Phi) is 3.43. The second kappa shape index (κ2) is 5.21. The van der Waals surface area contributed by atoms with Gasteiger partial charge in [0.2, 0.25) is 0 Å². The van der Waals surface area contributed by atoms with Crippen LogP contribution in [0.2, 0.25) is 0 Å². The first kappa shape index (κ1) is 11.9. The van der Waals surface area contributed by atoms with Crippen LogP contribution in [0.15, 0.2) is 30.5 Å². The molecular formula is C15H18N2S. The zero-order valence-electron chi connectivity index (χ0n) is 10.6. The van der Waals surface area contributed by atoms with Crippen molar-refractivity contribution in [3.63, 3.8) is 0 Å². The second-order valence-corrected chi connectivity index (χ2v) is 6.24. The molecule has 1 fully saturated rings. The quantitative estimate of drug-likeness (QED) is 0.890. The van der Waals surface area contributed by atoms with E-state index in [1.54, 1.807) is 0 Å². The van der Waals surface area contributed by atoms with Gasteiger partial charge >= 0.3 is 0 Å². The summed E-state index contributed by atoms with van der Waals surface area (Å²) in [5.74, 6) is 0. The highest BCUT2D eigenvalue weighted by Crippen LogP contribution is 2.21. The predicted octanol–water partition coefficient (Wildman–Crippen LogP) is 3.29. The van der Waals surface area contributed by atoms with Crippen molar-refractivity contribution in [3.05, 3.63) is 51.5 Å². The highest BCUT2D eigenvalue weighted by Gasteiger charge is 2.20. The van der Waals surface area contributed by atoms with E-state index in [9.17, 15) is 0 Å². The monoisotopic (exact) mass is 258 g/mol. The standard InChI is InChI=1S/C15H18N2S/c1-11-3-2-4-12(7-11)8-15-17-10-14(18-15)9-16-13-5-6-13/h2-4,7,10,13,16H,5-6,8-9H2,1H3. The third kappa shape index (κ3) is 3.18. The van der Waals surface area contributed by atoms with Crippen LogP contribution < -0.4 is 5.32 Å². The van der Waals surface area contributed by atoms with E-state index in [4.69, 9.17) is 0 Å². The zero-order chi connectivity index (χ0) is 12.4. The van der Waals surface area contributed by atoms with Crippen molar-refractivity contribution in [1.82, 2.24) is 10.3 Å².